The number of phenolic OH excluding ortho intramolecular Hbond substituents is 2. The lowest BCUT2D eigenvalue weighted by Crippen LogP contribution is -1.66. The first-order chi connectivity index (χ1) is 12.6. The Morgan fingerprint density at radius 3 is 0.962 bits per heavy atom. The van der Waals surface area contributed by atoms with Crippen molar-refractivity contribution in [1.82, 2.24) is 0 Å². The lowest BCUT2D eigenvalue weighted by molar-refractivity contribution is 0.474. The van der Waals surface area contributed by atoms with Gasteiger partial charge in [0.1, 0.15) is 11.5 Å². The molecule has 2 nitrogen and oxygen atoms in total. The summed E-state index contributed by atoms with van der Waals surface area (Å²) in [6.45, 7) is 12.1. The van der Waals surface area contributed by atoms with Gasteiger partial charge in [-0.3, -0.25) is 0 Å². The molecule has 0 amide bonds. The topological polar surface area (TPSA) is 40.5 Å². The van der Waals surface area contributed by atoms with Gasteiger partial charge in [-0.2, -0.15) is 0 Å². The lowest BCUT2D eigenvalue weighted by Gasteiger charge is -1.89. The van der Waals surface area contributed by atoms with E-state index in [1.807, 2.05) is 71.0 Å². The van der Waals surface area contributed by atoms with Crippen LogP contribution in [0.15, 0.2) is 84.9 Å². The second-order valence-electron chi connectivity index (χ2n) is 4.83. The monoisotopic (exact) mass is 354 g/mol. The van der Waals surface area contributed by atoms with E-state index in [0.29, 0.717) is 11.5 Å². The minimum Gasteiger partial charge on any atom is -0.508 e. The van der Waals surface area contributed by atoms with Gasteiger partial charge in [-0.15, -0.1) is 0 Å². The molecule has 0 aliphatic heterocycles. The molecule has 0 aliphatic carbocycles. The highest BCUT2D eigenvalue weighted by Gasteiger charge is 1.82. The Bertz CT molecular complexity index is 559. The third kappa shape index (κ3) is 16.1. The largest absolute Gasteiger partial charge is 0.508 e. The van der Waals surface area contributed by atoms with E-state index in [1.165, 1.54) is 11.1 Å². The van der Waals surface area contributed by atoms with E-state index in [9.17, 15) is 0 Å². The zero-order chi connectivity index (χ0) is 20.2. The number of hydrogen-bond donors (Lipinski definition) is 2. The van der Waals surface area contributed by atoms with Crippen LogP contribution >= 0.6 is 0 Å². The Morgan fingerprint density at radius 2 is 0.731 bits per heavy atom. The molecule has 142 valence electrons. The van der Waals surface area contributed by atoms with Crippen molar-refractivity contribution in [3.63, 3.8) is 0 Å². The number of para-hydroxylation sites is 1. The Balaban J connectivity index is 0. The van der Waals surface area contributed by atoms with E-state index in [1.54, 1.807) is 36.4 Å². The van der Waals surface area contributed by atoms with E-state index < -0.39 is 0 Å². The molecule has 3 aromatic carbocycles. The van der Waals surface area contributed by atoms with Crippen molar-refractivity contribution < 1.29 is 10.2 Å². The summed E-state index contributed by atoms with van der Waals surface area (Å²) in [5.41, 5.74) is 2.49. The molecule has 0 atom stereocenters. The fraction of sp³-hybridized carbons (Fsp3) is 0.250. The van der Waals surface area contributed by atoms with Gasteiger partial charge in [0, 0.05) is 0 Å². The number of rotatable bonds is 0. The molecule has 0 fully saturated rings. The second-order valence-corrected chi connectivity index (χ2v) is 4.83. The van der Waals surface area contributed by atoms with Crippen molar-refractivity contribution >= 4 is 0 Å². The molecule has 2 N–H and O–H groups in total. The Kier molecular flexibility index (Phi) is 18.2. The standard InChI is InChI=1S/C7H8O.C7H8.C6H6O.2C2H6/c1-6-2-4-7(8)5-3-6;1-7-5-3-2-4-6-7;7-6-4-2-1-3-5-6;2*1-2/h2-5,8H,1H3;2-6H,1H3;1-5,7H;2*1-2H3. The predicted molar refractivity (Wildman–Crippen MR) is 115 cm³/mol. The maximum Gasteiger partial charge on any atom is 0.115 e. The van der Waals surface area contributed by atoms with E-state index >= 15 is 0 Å². The molecule has 0 aromatic heterocycles. The number of phenols is 2. The van der Waals surface area contributed by atoms with E-state index in [2.05, 4.69) is 19.1 Å². The zero-order valence-electron chi connectivity index (χ0n) is 17.0. The Labute approximate surface area is 159 Å². The third-order valence-electron chi connectivity index (χ3n) is 2.73. The summed E-state index contributed by atoms with van der Waals surface area (Å²) in [5, 5.41) is 17.4. The van der Waals surface area contributed by atoms with Crippen LogP contribution in [0.3, 0.4) is 0 Å². The molecule has 0 aliphatic rings. The van der Waals surface area contributed by atoms with E-state index in [4.69, 9.17) is 10.2 Å². The van der Waals surface area contributed by atoms with Gasteiger partial charge in [0.2, 0.25) is 0 Å². The first-order valence-corrected chi connectivity index (χ1v) is 9.09. The van der Waals surface area contributed by atoms with Crippen LogP contribution in [0.1, 0.15) is 38.8 Å². The summed E-state index contributed by atoms with van der Waals surface area (Å²) < 4.78 is 0. The second kappa shape index (κ2) is 18.6. The maximum atomic E-state index is 8.76. The highest BCUT2D eigenvalue weighted by Crippen LogP contribution is 2.07. The predicted octanol–water partition coefficient (Wildman–Crippen LogP) is 7.14. The van der Waals surface area contributed by atoms with Crippen molar-refractivity contribution in [3.8, 4) is 11.5 Å². The Hall–Kier alpha value is -2.74. The van der Waals surface area contributed by atoms with Gasteiger partial charge in [0.25, 0.3) is 0 Å². The maximum absolute atomic E-state index is 8.76. The SMILES string of the molecule is CC.CC.Cc1ccc(O)cc1.Cc1ccccc1.Oc1ccccc1. The van der Waals surface area contributed by atoms with Crippen LogP contribution < -0.4 is 0 Å². The van der Waals surface area contributed by atoms with E-state index in [0.717, 1.165) is 0 Å². The van der Waals surface area contributed by atoms with Gasteiger partial charge >= 0.3 is 0 Å². The molecule has 3 aromatic rings. The van der Waals surface area contributed by atoms with Crippen LogP contribution in [0.25, 0.3) is 0 Å². The molecular weight excluding hydrogens is 320 g/mol. The minimum absolute atomic E-state index is 0.322. The molecule has 0 unspecified atom stereocenters. The van der Waals surface area contributed by atoms with Crippen LogP contribution in [-0.2, 0) is 0 Å². The summed E-state index contributed by atoms with van der Waals surface area (Å²) in [5.74, 6) is 0.651. The van der Waals surface area contributed by atoms with Crippen molar-refractivity contribution in [1.29, 1.82) is 0 Å². The number of aryl methyl sites for hydroxylation is 2. The highest BCUT2D eigenvalue weighted by atomic mass is 16.3. The van der Waals surface area contributed by atoms with Crippen molar-refractivity contribution in [2.75, 3.05) is 0 Å². The van der Waals surface area contributed by atoms with Crippen LogP contribution in [0, 0.1) is 13.8 Å². The van der Waals surface area contributed by atoms with Gasteiger partial charge < -0.3 is 10.2 Å². The average Bonchev–Trinajstić information content (AvgIpc) is 2.70. The molecule has 2 heteroatoms. The van der Waals surface area contributed by atoms with Crippen LogP contribution in [0.4, 0.5) is 0 Å². The number of hydrogen-bond acceptors (Lipinski definition) is 2. The third-order valence-corrected chi connectivity index (χ3v) is 2.73. The first kappa shape index (κ1) is 25.5. The van der Waals surface area contributed by atoms with Gasteiger partial charge in [-0.05, 0) is 38.1 Å². The quantitative estimate of drug-likeness (QED) is 0.450. The Morgan fingerprint density at radius 1 is 0.423 bits per heavy atom. The van der Waals surface area contributed by atoms with Crippen LogP contribution in [0.5, 0.6) is 11.5 Å². The molecule has 0 saturated heterocycles. The fourth-order valence-electron chi connectivity index (χ4n) is 1.51. The van der Waals surface area contributed by atoms with Crippen LogP contribution in [-0.4, -0.2) is 10.2 Å². The normalized spacial score (nSPS) is 7.92. The molecule has 0 saturated carbocycles. The number of aromatic hydroxyl groups is 2. The molecule has 0 bridgehead atoms. The molecule has 0 spiro atoms. The van der Waals surface area contributed by atoms with Gasteiger partial charge in [0.15, 0.2) is 0 Å². The summed E-state index contributed by atoms with van der Waals surface area (Å²) in [7, 11) is 0. The fourth-order valence-corrected chi connectivity index (χ4v) is 1.51. The molecule has 26 heavy (non-hydrogen) atoms. The molecule has 0 radical (unpaired) electrons. The average molecular weight is 355 g/mol. The minimum atomic E-state index is 0.322. The molecule has 0 heterocycles. The van der Waals surface area contributed by atoms with Gasteiger partial charge in [-0.1, -0.05) is 99.5 Å². The van der Waals surface area contributed by atoms with Gasteiger partial charge in [0.05, 0.1) is 0 Å². The molecular formula is C24H34O2. The van der Waals surface area contributed by atoms with Crippen molar-refractivity contribution in [2.45, 2.75) is 41.5 Å². The van der Waals surface area contributed by atoms with Crippen molar-refractivity contribution in [2.24, 2.45) is 0 Å². The summed E-state index contributed by atoms with van der Waals surface area (Å²) >= 11 is 0. The van der Waals surface area contributed by atoms with E-state index in [-0.39, 0.29) is 0 Å². The summed E-state index contributed by atoms with van der Waals surface area (Å²) in [4.78, 5) is 0. The lowest BCUT2D eigenvalue weighted by atomic mass is 10.2. The first-order valence-electron chi connectivity index (χ1n) is 9.09. The van der Waals surface area contributed by atoms with Crippen molar-refractivity contribution in [3.05, 3.63) is 96.1 Å². The molecule has 3 rings (SSSR count). The zero-order valence-corrected chi connectivity index (χ0v) is 17.0. The highest BCUT2D eigenvalue weighted by molar-refractivity contribution is 5.24. The number of benzene rings is 3. The van der Waals surface area contributed by atoms with Crippen LogP contribution in [0.2, 0.25) is 0 Å². The summed E-state index contributed by atoms with van der Waals surface area (Å²) in [6.07, 6.45) is 0. The summed E-state index contributed by atoms with van der Waals surface area (Å²) in [6, 6.07) is 26.1. The smallest absolute Gasteiger partial charge is 0.115 e. The van der Waals surface area contributed by atoms with Gasteiger partial charge in [-0.25, -0.2) is 0 Å².